The Morgan fingerprint density at radius 3 is 2.12 bits per heavy atom. The third-order valence-corrected chi connectivity index (χ3v) is 4.18. The molecule has 10 nitrogen and oxygen atoms in total. The monoisotopic (exact) mass is 393 g/mol. The van der Waals surface area contributed by atoms with Crippen molar-refractivity contribution < 1.29 is 46.7 Å². The molecular formula is C12H27O10P2+. The highest BCUT2D eigenvalue weighted by Gasteiger charge is 2.24. The molecule has 0 aliphatic heterocycles. The lowest BCUT2D eigenvalue weighted by Gasteiger charge is -2.16. The van der Waals surface area contributed by atoms with Crippen LogP contribution in [0.2, 0.25) is 0 Å². The summed E-state index contributed by atoms with van der Waals surface area (Å²) >= 11 is 0. The maximum atomic E-state index is 11.4. The fourth-order valence-corrected chi connectivity index (χ4v) is 2.63. The maximum Gasteiger partial charge on any atom is 0.700 e. The Kier molecular flexibility index (Phi) is 13.3. The first-order valence-electron chi connectivity index (χ1n) is 7.35. The van der Waals surface area contributed by atoms with E-state index in [2.05, 4.69) is 9.05 Å². The highest BCUT2D eigenvalue weighted by Crippen LogP contribution is 2.44. The van der Waals surface area contributed by atoms with Crippen LogP contribution in [-0.2, 0) is 36.7 Å². The zero-order valence-corrected chi connectivity index (χ0v) is 16.1. The normalized spacial score (nSPS) is 16.4. The van der Waals surface area contributed by atoms with E-state index in [1.165, 1.54) is 0 Å². The molecule has 2 N–H and O–H groups in total. The molecule has 0 aromatic heterocycles. The van der Waals surface area contributed by atoms with Crippen molar-refractivity contribution in [3.05, 3.63) is 0 Å². The van der Waals surface area contributed by atoms with Gasteiger partial charge in [0, 0.05) is 10.5 Å². The summed E-state index contributed by atoms with van der Waals surface area (Å²) in [6.07, 6.45) is -0.694. The average Bonchev–Trinajstić information content (AvgIpc) is 2.43. The minimum Gasteiger partial charge on any atom is -0.396 e. The predicted molar refractivity (Wildman–Crippen MR) is 84.3 cm³/mol. The molecule has 0 aliphatic carbocycles. The van der Waals surface area contributed by atoms with Crippen LogP contribution < -0.4 is 0 Å². The molecule has 0 amide bonds. The number of phosphoric ester groups is 1. The Morgan fingerprint density at radius 2 is 1.62 bits per heavy atom. The minimum atomic E-state index is -4.15. The fraction of sp³-hybridized carbons (Fsp3) is 1.00. The summed E-state index contributed by atoms with van der Waals surface area (Å²) < 4.78 is 51.7. The quantitative estimate of drug-likeness (QED) is 0.242. The second-order valence-electron chi connectivity index (χ2n) is 5.28. The van der Waals surface area contributed by atoms with Crippen LogP contribution in [0, 0.1) is 5.92 Å². The molecule has 0 fully saturated rings. The molecule has 0 aromatic carbocycles. The Bertz CT molecular complexity index is 390. The first-order valence-corrected chi connectivity index (χ1v) is 9.94. The van der Waals surface area contributed by atoms with Gasteiger partial charge in [0.15, 0.2) is 6.79 Å². The highest BCUT2D eigenvalue weighted by molar-refractivity contribution is 7.47. The van der Waals surface area contributed by atoms with E-state index in [-0.39, 0.29) is 32.7 Å². The number of aliphatic hydroxyl groups excluding tert-OH is 1. The SMILES string of the molecule is CC(C)O[P+](=O)OCOCC(CO)COCOP(=O)(O)OC(C)C. The summed E-state index contributed by atoms with van der Waals surface area (Å²) in [5.41, 5.74) is 0. The van der Waals surface area contributed by atoms with Gasteiger partial charge in [0.25, 0.3) is 0 Å². The van der Waals surface area contributed by atoms with Crippen molar-refractivity contribution in [2.45, 2.75) is 39.9 Å². The molecule has 3 atom stereocenters. The summed E-state index contributed by atoms with van der Waals surface area (Å²) in [5.74, 6) is -0.412. The lowest BCUT2D eigenvalue weighted by Crippen LogP contribution is -2.21. The molecule has 0 saturated heterocycles. The Labute approximate surface area is 142 Å². The van der Waals surface area contributed by atoms with Crippen LogP contribution in [0.1, 0.15) is 27.7 Å². The van der Waals surface area contributed by atoms with Gasteiger partial charge >= 0.3 is 16.1 Å². The molecule has 0 rings (SSSR count). The van der Waals surface area contributed by atoms with E-state index in [9.17, 15) is 19.1 Å². The van der Waals surface area contributed by atoms with Gasteiger partial charge in [-0.25, -0.2) is 4.57 Å². The minimum absolute atomic E-state index is 0.0206. The molecule has 0 heterocycles. The summed E-state index contributed by atoms with van der Waals surface area (Å²) in [6.45, 7) is 5.74. The molecule has 0 saturated carbocycles. The molecule has 0 spiro atoms. The standard InChI is InChI=1S/C12H26O10P2/c1-10(2)21-23(14)19-8-17-6-12(5-13)7-18-9-20-24(15,16)22-11(3)4/h10-13H,5-9H2,1-4H3/p+1. The van der Waals surface area contributed by atoms with E-state index < -0.39 is 34.9 Å². The van der Waals surface area contributed by atoms with Gasteiger partial charge in [-0.1, -0.05) is 4.52 Å². The van der Waals surface area contributed by atoms with Crippen molar-refractivity contribution >= 4 is 16.1 Å². The van der Waals surface area contributed by atoms with Crippen molar-refractivity contribution in [3.63, 3.8) is 0 Å². The zero-order valence-electron chi connectivity index (χ0n) is 14.3. The largest absolute Gasteiger partial charge is 0.700 e. The topological polar surface area (TPSA) is 130 Å². The number of ether oxygens (including phenoxy) is 2. The Balaban J connectivity index is 3.80. The first-order chi connectivity index (χ1) is 11.2. The second-order valence-corrected chi connectivity index (χ2v) is 7.61. The van der Waals surface area contributed by atoms with E-state index in [4.69, 9.17) is 18.5 Å². The third kappa shape index (κ3) is 14.4. The van der Waals surface area contributed by atoms with Crippen LogP contribution in [0.4, 0.5) is 0 Å². The smallest absolute Gasteiger partial charge is 0.396 e. The van der Waals surface area contributed by atoms with Crippen LogP contribution in [0.15, 0.2) is 0 Å². The van der Waals surface area contributed by atoms with Gasteiger partial charge in [-0.2, -0.15) is 0 Å². The van der Waals surface area contributed by atoms with Crippen molar-refractivity contribution in [2.75, 3.05) is 33.4 Å². The van der Waals surface area contributed by atoms with E-state index in [0.717, 1.165) is 0 Å². The Hall–Kier alpha value is 0.01000. The van der Waals surface area contributed by atoms with Gasteiger partial charge in [0.05, 0.1) is 25.9 Å². The lowest BCUT2D eigenvalue weighted by atomic mass is 10.2. The van der Waals surface area contributed by atoms with Crippen LogP contribution in [0.3, 0.4) is 0 Å². The van der Waals surface area contributed by atoms with Crippen molar-refractivity contribution in [3.8, 4) is 0 Å². The molecule has 3 unspecified atom stereocenters. The average molecular weight is 393 g/mol. The van der Waals surface area contributed by atoms with E-state index in [0.29, 0.717) is 0 Å². The van der Waals surface area contributed by atoms with Crippen LogP contribution in [-0.4, -0.2) is 55.6 Å². The molecule has 12 heteroatoms. The zero-order chi connectivity index (χ0) is 18.6. The summed E-state index contributed by atoms with van der Waals surface area (Å²) in [5, 5.41) is 9.18. The number of hydrogen-bond acceptors (Lipinski definition) is 9. The van der Waals surface area contributed by atoms with Gasteiger partial charge in [-0.05, 0) is 27.7 Å². The molecule has 0 bridgehead atoms. The number of phosphoric acid groups is 1. The highest BCUT2D eigenvalue weighted by atomic mass is 31.2. The van der Waals surface area contributed by atoms with Crippen molar-refractivity contribution in [1.82, 2.24) is 0 Å². The van der Waals surface area contributed by atoms with E-state index in [1.807, 2.05) is 0 Å². The summed E-state index contributed by atoms with van der Waals surface area (Å²) in [7, 11) is -6.40. The van der Waals surface area contributed by atoms with Crippen molar-refractivity contribution in [2.24, 2.45) is 5.92 Å². The second kappa shape index (κ2) is 13.2. The number of hydrogen-bond donors (Lipinski definition) is 2. The molecular weight excluding hydrogens is 366 g/mol. The number of rotatable bonds is 15. The van der Waals surface area contributed by atoms with Gasteiger partial charge < -0.3 is 19.5 Å². The van der Waals surface area contributed by atoms with Crippen molar-refractivity contribution in [1.29, 1.82) is 0 Å². The predicted octanol–water partition coefficient (Wildman–Crippen LogP) is 2.18. The first kappa shape index (κ1) is 24.0. The van der Waals surface area contributed by atoms with Crippen LogP contribution >= 0.6 is 16.1 Å². The van der Waals surface area contributed by atoms with Gasteiger partial charge in [0.1, 0.15) is 6.10 Å². The number of aliphatic hydroxyl groups is 1. The van der Waals surface area contributed by atoms with E-state index in [1.54, 1.807) is 27.7 Å². The molecule has 0 radical (unpaired) electrons. The lowest BCUT2D eigenvalue weighted by molar-refractivity contribution is -0.0627. The summed E-state index contributed by atoms with van der Waals surface area (Å²) in [4.78, 5) is 9.30. The summed E-state index contributed by atoms with van der Waals surface area (Å²) in [6, 6.07) is 0. The maximum absolute atomic E-state index is 11.4. The van der Waals surface area contributed by atoms with E-state index >= 15 is 0 Å². The van der Waals surface area contributed by atoms with Gasteiger partial charge in [-0.15, -0.1) is 4.52 Å². The molecule has 144 valence electrons. The third-order valence-electron chi connectivity index (χ3n) is 2.15. The molecule has 24 heavy (non-hydrogen) atoms. The molecule has 0 aromatic rings. The molecule has 0 aliphatic rings. The van der Waals surface area contributed by atoms with Crippen LogP contribution in [0.25, 0.3) is 0 Å². The van der Waals surface area contributed by atoms with Gasteiger partial charge in [0.2, 0.25) is 6.79 Å². The fourth-order valence-electron chi connectivity index (χ4n) is 1.27. The Morgan fingerprint density at radius 1 is 1.04 bits per heavy atom. The van der Waals surface area contributed by atoms with Crippen LogP contribution in [0.5, 0.6) is 0 Å². The van der Waals surface area contributed by atoms with Gasteiger partial charge in [-0.3, -0.25) is 9.05 Å².